The van der Waals surface area contributed by atoms with Crippen LogP contribution in [0.5, 0.6) is 0 Å². The fraction of sp³-hybridized carbons (Fsp3) is 0.929. The van der Waals surface area contributed by atoms with Crippen molar-refractivity contribution in [2.24, 2.45) is 23.2 Å². The van der Waals surface area contributed by atoms with Gasteiger partial charge in [0.15, 0.2) is 0 Å². The molecule has 0 aliphatic heterocycles. The van der Waals surface area contributed by atoms with Gasteiger partial charge in [0.2, 0.25) is 0 Å². The lowest BCUT2D eigenvalue weighted by Crippen LogP contribution is -2.31. The van der Waals surface area contributed by atoms with Crippen molar-refractivity contribution in [3.05, 3.63) is 0 Å². The number of ether oxygens (including phenoxy) is 1. The zero-order valence-corrected chi connectivity index (χ0v) is 10.8. The second kappa shape index (κ2) is 4.38. The third-order valence-electron chi connectivity index (χ3n) is 5.01. The van der Waals surface area contributed by atoms with Gasteiger partial charge in [0.05, 0.1) is 6.61 Å². The van der Waals surface area contributed by atoms with Crippen LogP contribution in [0.2, 0.25) is 0 Å². The van der Waals surface area contributed by atoms with Gasteiger partial charge < -0.3 is 4.74 Å². The summed E-state index contributed by atoms with van der Waals surface area (Å²) in [4.78, 5) is 11.4. The Kier molecular flexibility index (Phi) is 3.27. The van der Waals surface area contributed by atoms with E-state index in [4.69, 9.17) is 4.74 Å². The molecule has 0 radical (unpaired) electrons. The molecule has 2 aliphatic rings. The Morgan fingerprint density at radius 1 is 1.38 bits per heavy atom. The molecule has 2 nitrogen and oxygen atoms in total. The molecular weight excluding hydrogens is 200 g/mol. The summed E-state index contributed by atoms with van der Waals surface area (Å²) in [5, 5.41) is 0. The van der Waals surface area contributed by atoms with Crippen molar-refractivity contribution in [3.8, 4) is 0 Å². The first-order chi connectivity index (χ1) is 7.55. The summed E-state index contributed by atoms with van der Waals surface area (Å²) in [7, 11) is 0. The van der Waals surface area contributed by atoms with Crippen LogP contribution < -0.4 is 0 Å². The Morgan fingerprint density at radius 2 is 2.12 bits per heavy atom. The molecule has 0 aromatic heterocycles. The van der Waals surface area contributed by atoms with E-state index in [-0.39, 0.29) is 5.97 Å². The average Bonchev–Trinajstić information content (AvgIpc) is 2.74. The Morgan fingerprint density at radius 3 is 2.69 bits per heavy atom. The Hall–Kier alpha value is -0.530. The first-order valence-electron chi connectivity index (χ1n) is 6.71. The quantitative estimate of drug-likeness (QED) is 0.684. The third kappa shape index (κ3) is 1.99. The molecule has 3 unspecified atom stereocenters. The summed E-state index contributed by atoms with van der Waals surface area (Å²) in [6.45, 7) is 7.18. The van der Waals surface area contributed by atoms with Gasteiger partial charge in [0, 0.05) is 6.42 Å². The lowest BCUT2D eigenvalue weighted by atomic mass is 9.67. The van der Waals surface area contributed by atoms with E-state index in [1.165, 1.54) is 19.3 Å². The molecule has 0 spiro atoms. The minimum atomic E-state index is -0.0129. The summed E-state index contributed by atoms with van der Waals surface area (Å²) < 4.78 is 5.01. The molecule has 0 amide bonds. The highest BCUT2D eigenvalue weighted by molar-refractivity contribution is 5.69. The zero-order valence-electron chi connectivity index (χ0n) is 10.8. The maximum absolute atomic E-state index is 11.4. The van der Waals surface area contributed by atoms with E-state index >= 15 is 0 Å². The number of hydrogen-bond donors (Lipinski definition) is 0. The fourth-order valence-electron chi connectivity index (χ4n) is 4.08. The van der Waals surface area contributed by atoms with Gasteiger partial charge in [-0.15, -0.1) is 0 Å². The van der Waals surface area contributed by atoms with Crippen molar-refractivity contribution >= 4 is 5.97 Å². The molecule has 2 fully saturated rings. The molecule has 2 rings (SSSR count). The van der Waals surface area contributed by atoms with Crippen molar-refractivity contribution in [2.75, 3.05) is 6.61 Å². The summed E-state index contributed by atoms with van der Waals surface area (Å²) in [5.74, 6) is 2.52. The molecule has 92 valence electrons. The number of hydrogen-bond acceptors (Lipinski definition) is 2. The van der Waals surface area contributed by atoms with E-state index in [0.29, 0.717) is 18.4 Å². The Labute approximate surface area is 98.7 Å². The van der Waals surface area contributed by atoms with E-state index in [1.54, 1.807) is 0 Å². The van der Waals surface area contributed by atoms with Gasteiger partial charge in [-0.05, 0) is 55.8 Å². The normalized spacial score (nSPS) is 35.3. The van der Waals surface area contributed by atoms with Crippen LogP contribution in [0.15, 0.2) is 0 Å². The molecule has 2 heteroatoms. The van der Waals surface area contributed by atoms with Crippen molar-refractivity contribution in [3.63, 3.8) is 0 Å². The average molecular weight is 224 g/mol. The van der Waals surface area contributed by atoms with Crippen LogP contribution in [0.4, 0.5) is 0 Å². The summed E-state index contributed by atoms with van der Waals surface area (Å²) in [6.07, 6.45) is 5.85. The molecule has 0 N–H and O–H groups in total. The smallest absolute Gasteiger partial charge is 0.305 e. The van der Waals surface area contributed by atoms with Gasteiger partial charge in [0.1, 0.15) is 0 Å². The monoisotopic (exact) mass is 224 g/mol. The molecule has 0 aromatic rings. The summed E-state index contributed by atoms with van der Waals surface area (Å²) in [6, 6.07) is 0. The van der Waals surface area contributed by atoms with E-state index in [9.17, 15) is 4.79 Å². The maximum Gasteiger partial charge on any atom is 0.305 e. The van der Waals surface area contributed by atoms with Gasteiger partial charge in [-0.3, -0.25) is 4.79 Å². The first kappa shape index (κ1) is 11.9. The van der Waals surface area contributed by atoms with Crippen LogP contribution in [0.25, 0.3) is 0 Å². The number of carbonyl (C=O) groups excluding carboxylic acids is 1. The second-order valence-electron chi connectivity index (χ2n) is 6.04. The molecule has 2 saturated carbocycles. The second-order valence-corrected chi connectivity index (χ2v) is 6.04. The minimum absolute atomic E-state index is 0.0129. The third-order valence-corrected chi connectivity index (χ3v) is 5.01. The number of fused-ring (bicyclic) bond motifs is 2. The molecule has 0 heterocycles. The Bertz CT molecular complexity index is 270. The predicted octanol–water partition coefficient (Wildman–Crippen LogP) is 3.40. The van der Waals surface area contributed by atoms with Crippen LogP contribution in [0.3, 0.4) is 0 Å². The summed E-state index contributed by atoms with van der Waals surface area (Å²) in [5.41, 5.74) is 0.454. The van der Waals surface area contributed by atoms with Crippen molar-refractivity contribution in [1.29, 1.82) is 0 Å². The first-order valence-corrected chi connectivity index (χ1v) is 6.71. The molecule has 16 heavy (non-hydrogen) atoms. The van der Waals surface area contributed by atoms with Crippen LogP contribution in [-0.4, -0.2) is 12.6 Å². The molecular formula is C14H24O2. The van der Waals surface area contributed by atoms with Crippen molar-refractivity contribution in [2.45, 2.75) is 52.9 Å². The highest BCUT2D eigenvalue weighted by Crippen LogP contribution is 2.60. The highest BCUT2D eigenvalue weighted by atomic mass is 16.5. The SMILES string of the molecule is CCOC(=O)CCC1C2CCC(C2)C1(C)C. The molecule has 2 bridgehead atoms. The molecule has 0 saturated heterocycles. The van der Waals surface area contributed by atoms with Gasteiger partial charge in [-0.25, -0.2) is 0 Å². The van der Waals surface area contributed by atoms with E-state index in [0.717, 1.165) is 24.2 Å². The number of esters is 1. The van der Waals surface area contributed by atoms with Crippen LogP contribution in [0.1, 0.15) is 52.9 Å². The van der Waals surface area contributed by atoms with Crippen LogP contribution >= 0.6 is 0 Å². The van der Waals surface area contributed by atoms with Crippen LogP contribution in [-0.2, 0) is 9.53 Å². The standard InChI is InChI=1S/C14H24O2/c1-4-16-13(15)8-7-12-10-5-6-11(9-10)14(12,2)3/h10-12H,4-9H2,1-3H3. The molecule has 2 aliphatic carbocycles. The van der Waals surface area contributed by atoms with Crippen molar-refractivity contribution in [1.82, 2.24) is 0 Å². The minimum Gasteiger partial charge on any atom is -0.466 e. The van der Waals surface area contributed by atoms with Gasteiger partial charge in [-0.2, -0.15) is 0 Å². The number of rotatable bonds is 4. The lowest BCUT2D eigenvalue weighted by Gasteiger charge is -2.38. The van der Waals surface area contributed by atoms with Crippen molar-refractivity contribution < 1.29 is 9.53 Å². The van der Waals surface area contributed by atoms with E-state index in [2.05, 4.69) is 13.8 Å². The summed E-state index contributed by atoms with van der Waals surface area (Å²) >= 11 is 0. The topological polar surface area (TPSA) is 26.3 Å². The molecule has 3 atom stereocenters. The maximum atomic E-state index is 11.4. The van der Waals surface area contributed by atoms with Gasteiger partial charge in [-0.1, -0.05) is 13.8 Å². The van der Waals surface area contributed by atoms with Crippen LogP contribution in [0, 0.1) is 23.2 Å². The van der Waals surface area contributed by atoms with Gasteiger partial charge >= 0.3 is 5.97 Å². The highest BCUT2D eigenvalue weighted by Gasteiger charge is 2.52. The van der Waals surface area contributed by atoms with E-state index in [1.807, 2.05) is 6.92 Å². The predicted molar refractivity (Wildman–Crippen MR) is 64.0 cm³/mol. The molecule has 0 aromatic carbocycles. The zero-order chi connectivity index (χ0) is 11.8. The lowest BCUT2D eigenvalue weighted by molar-refractivity contribution is -0.143. The Balaban J connectivity index is 1.88. The van der Waals surface area contributed by atoms with Gasteiger partial charge in [0.25, 0.3) is 0 Å². The largest absolute Gasteiger partial charge is 0.466 e. The number of carbonyl (C=O) groups is 1. The fourth-order valence-corrected chi connectivity index (χ4v) is 4.08. The van der Waals surface area contributed by atoms with E-state index < -0.39 is 0 Å².